The SMILES string of the molecule is Cc1cc2c(c(C)c3n2CCC3)c(=O)o1. The van der Waals surface area contributed by atoms with Crippen LogP contribution in [-0.2, 0) is 13.0 Å². The fourth-order valence-electron chi connectivity index (χ4n) is 2.63. The van der Waals surface area contributed by atoms with Crippen LogP contribution < -0.4 is 5.63 Å². The smallest absolute Gasteiger partial charge is 0.345 e. The van der Waals surface area contributed by atoms with Gasteiger partial charge < -0.3 is 8.98 Å². The lowest BCUT2D eigenvalue weighted by Gasteiger charge is -1.99. The van der Waals surface area contributed by atoms with E-state index in [2.05, 4.69) is 4.57 Å². The molecule has 2 aromatic rings. The lowest BCUT2D eigenvalue weighted by atomic mass is 10.1. The first kappa shape index (κ1) is 8.77. The van der Waals surface area contributed by atoms with Crippen LogP contribution in [-0.4, -0.2) is 4.57 Å². The summed E-state index contributed by atoms with van der Waals surface area (Å²) in [7, 11) is 0. The van der Waals surface area contributed by atoms with Crippen molar-refractivity contribution in [2.45, 2.75) is 33.2 Å². The van der Waals surface area contributed by atoms with Crippen molar-refractivity contribution in [2.75, 3.05) is 0 Å². The zero-order valence-corrected chi connectivity index (χ0v) is 8.96. The molecular weight excluding hydrogens is 190 g/mol. The second-order valence-corrected chi connectivity index (χ2v) is 4.23. The van der Waals surface area contributed by atoms with E-state index in [0.29, 0.717) is 5.76 Å². The van der Waals surface area contributed by atoms with Crippen molar-refractivity contribution in [3.8, 4) is 0 Å². The highest BCUT2D eigenvalue weighted by molar-refractivity contribution is 5.84. The van der Waals surface area contributed by atoms with E-state index in [9.17, 15) is 4.79 Å². The van der Waals surface area contributed by atoms with Gasteiger partial charge in [-0.25, -0.2) is 4.79 Å². The number of hydrogen-bond donors (Lipinski definition) is 0. The largest absolute Gasteiger partial charge is 0.428 e. The van der Waals surface area contributed by atoms with E-state index in [-0.39, 0.29) is 5.63 Å². The van der Waals surface area contributed by atoms with Gasteiger partial charge in [-0.15, -0.1) is 0 Å². The van der Waals surface area contributed by atoms with Gasteiger partial charge in [0.25, 0.3) is 0 Å². The Kier molecular flexibility index (Phi) is 1.61. The van der Waals surface area contributed by atoms with Crippen molar-refractivity contribution in [3.05, 3.63) is 33.5 Å². The van der Waals surface area contributed by atoms with Gasteiger partial charge >= 0.3 is 5.63 Å². The molecule has 3 heterocycles. The predicted octanol–water partition coefficient (Wildman–Crippen LogP) is 2.16. The maximum absolute atomic E-state index is 11.7. The van der Waals surface area contributed by atoms with Crippen LogP contribution in [0.15, 0.2) is 15.3 Å². The van der Waals surface area contributed by atoms with Crippen LogP contribution in [0, 0.1) is 13.8 Å². The van der Waals surface area contributed by atoms with Crippen LogP contribution in [0.1, 0.15) is 23.4 Å². The van der Waals surface area contributed by atoms with Crippen molar-refractivity contribution >= 4 is 10.9 Å². The van der Waals surface area contributed by atoms with Gasteiger partial charge in [-0.05, 0) is 32.3 Å². The number of rotatable bonds is 0. The summed E-state index contributed by atoms with van der Waals surface area (Å²) in [5.41, 5.74) is 3.28. The van der Waals surface area contributed by atoms with Gasteiger partial charge in [-0.2, -0.15) is 0 Å². The molecule has 3 nitrogen and oxygen atoms in total. The molecule has 0 saturated heterocycles. The normalized spacial score (nSPS) is 14.8. The Morgan fingerprint density at radius 1 is 1.40 bits per heavy atom. The molecule has 0 aromatic carbocycles. The molecule has 0 saturated carbocycles. The fourth-order valence-corrected chi connectivity index (χ4v) is 2.63. The Labute approximate surface area is 87.3 Å². The van der Waals surface area contributed by atoms with Crippen molar-refractivity contribution in [1.82, 2.24) is 4.57 Å². The van der Waals surface area contributed by atoms with Crippen LogP contribution in [0.4, 0.5) is 0 Å². The fraction of sp³-hybridized carbons (Fsp3) is 0.417. The Bertz CT molecular complexity index is 604. The van der Waals surface area contributed by atoms with Crippen molar-refractivity contribution in [1.29, 1.82) is 0 Å². The quantitative estimate of drug-likeness (QED) is 0.657. The van der Waals surface area contributed by atoms with Crippen molar-refractivity contribution in [2.24, 2.45) is 0 Å². The molecule has 0 bridgehead atoms. The second kappa shape index (κ2) is 2.75. The molecule has 1 aliphatic rings. The molecule has 3 heteroatoms. The summed E-state index contributed by atoms with van der Waals surface area (Å²) >= 11 is 0. The third-order valence-corrected chi connectivity index (χ3v) is 3.27. The van der Waals surface area contributed by atoms with Crippen LogP contribution >= 0.6 is 0 Å². The summed E-state index contributed by atoms with van der Waals surface area (Å²) in [5, 5.41) is 0.773. The lowest BCUT2D eigenvalue weighted by molar-refractivity contribution is 0.487. The summed E-state index contributed by atoms with van der Waals surface area (Å²) in [5.74, 6) is 0.694. The Morgan fingerprint density at radius 2 is 2.20 bits per heavy atom. The minimum Gasteiger partial charge on any atom is -0.428 e. The zero-order chi connectivity index (χ0) is 10.6. The van der Waals surface area contributed by atoms with Gasteiger partial charge in [0.15, 0.2) is 0 Å². The standard InChI is InChI=1S/C12H13NO2/c1-7-6-10-11(12(14)15-7)8(2)9-4-3-5-13(9)10/h6H,3-5H2,1-2H3. The molecular formula is C12H13NO2. The molecule has 3 rings (SSSR count). The molecule has 0 unspecified atom stereocenters. The first-order chi connectivity index (χ1) is 7.18. The van der Waals surface area contributed by atoms with E-state index < -0.39 is 0 Å². The average Bonchev–Trinajstić information content (AvgIpc) is 2.70. The van der Waals surface area contributed by atoms with E-state index in [1.807, 2.05) is 19.9 Å². The molecule has 1 aliphatic heterocycles. The van der Waals surface area contributed by atoms with E-state index in [0.717, 1.165) is 29.4 Å². The Hall–Kier alpha value is -1.51. The van der Waals surface area contributed by atoms with Gasteiger partial charge in [0.1, 0.15) is 5.76 Å². The predicted molar refractivity (Wildman–Crippen MR) is 58.3 cm³/mol. The summed E-state index contributed by atoms with van der Waals surface area (Å²) < 4.78 is 7.40. The van der Waals surface area contributed by atoms with E-state index in [4.69, 9.17) is 4.42 Å². The minimum absolute atomic E-state index is 0.190. The molecule has 0 fully saturated rings. The van der Waals surface area contributed by atoms with Gasteiger partial charge in [0, 0.05) is 18.3 Å². The monoisotopic (exact) mass is 203 g/mol. The summed E-state index contributed by atoms with van der Waals surface area (Å²) in [6.45, 7) is 4.87. The molecule has 0 amide bonds. The topological polar surface area (TPSA) is 35.1 Å². The van der Waals surface area contributed by atoms with Crippen LogP contribution in [0.2, 0.25) is 0 Å². The number of hydrogen-bond acceptors (Lipinski definition) is 2. The molecule has 2 aromatic heterocycles. The van der Waals surface area contributed by atoms with Gasteiger partial charge in [-0.3, -0.25) is 0 Å². The zero-order valence-electron chi connectivity index (χ0n) is 8.96. The van der Waals surface area contributed by atoms with Crippen molar-refractivity contribution < 1.29 is 4.42 Å². The van der Waals surface area contributed by atoms with Gasteiger partial charge in [0.05, 0.1) is 10.9 Å². The highest BCUT2D eigenvalue weighted by Gasteiger charge is 2.21. The van der Waals surface area contributed by atoms with Gasteiger partial charge in [-0.1, -0.05) is 0 Å². The van der Waals surface area contributed by atoms with E-state index in [1.54, 1.807) is 0 Å². The average molecular weight is 203 g/mol. The van der Waals surface area contributed by atoms with Crippen LogP contribution in [0.25, 0.3) is 10.9 Å². The molecule has 0 atom stereocenters. The Balaban J connectivity index is 2.55. The lowest BCUT2D eigenvalue weighted by Crippen LogP contribution is -2.01. The van der Waals surface area contributed by atoms with Gasteiger partial charge in [0.2, 0.25) is 0 Å². The highest BCUT2D eigenvalue weighted by Crippen LogP contribution is 2.29. The molecule has 15 heavy (non-hydrogen) atoms. The summed E-state index contributed by atoms with van der Waals surface area (Å²) in [6.07, 6.45) is 2.27. The third kappa shape index (κ3) is 1.03. The molecule has 0 N–H and O–H groups in total. The number of nitrogens with zero attached hydrogens (tertiary/aromatic N) is 1. The molecule has 0 radical (unpaired) electrons. The molecule has 0 aliphatic carbocycles. The Morgan fingerprint density at radius 3 is 3.00 bits per heavy atom. The number of aromatic nitrogens is 1. The number of aryl methyl sites for hydroxylation is 3. The first-order valence-corrected chi connectivity index (χ1v) is 5.31. The summed E-state index contributed by atoms with van der Waals surface area (Å²) in [6, 6.07) is 1.97. The van der Waals surface area contributed by atoms with E-state index in [1.165, 1.54) is 12.1 Å². The summed E-state index contributed by atoms with van der Waals surface area (Å²) in [4.78, 5) is 11.7. The maximum atomic E-state index is 11.7. The second-order valence-electron chi connectivity index (χ2n) is 4.23. The molecule has 78 valence electrons. The van der Waals surface area contributed by atoms with Crippen molar-refractivity contribution in [3.63, 3.8) is 0 Å². The molecule has 0 spiro atoms. The van der Waals surface area contributed by atoms with Crippen LogP contribution in [0.5, 0.6) is 0 Å². The third-order valence-electron chi connectivity index (χ3n) is 3.27. The highest BCUT2D eigenvalue weighted by atomic mass is 16.4. The van der Waals surface area contributed by atoms with Crippen LogP contribution in [0.3, 0.4) is 0 Å². The maximum Gasteiger partial charge on any atom is 0.345 e. The van der Waals surface area contributed by atoms with E-state index >= 15 is 0 Å². The minimum atomic E-state index is -0.190. The first-order valence-electron chi connectivity index (χ1n) is 5.31. The number of fused-ring (bicyclic) bond motifs is 3.